The summed E-state index contributed by atoms with van der Waals surface area (Å²) < 4.78 is 5.98. The molecule has 114 valence electrons. The molecule has 0 saturated heterocycles. The lowest BCUT2D eigenvalue weighted by Crippen LogP contribution is -2.43. The summed E-state index contributed by atoms with van der Waals surface area (Å²) in [7, 11) is 0. The lowest BCUT2D eigenvalue weighted by atomic mass is 9.76. The average Bonchev–Trinajstić information content (AvgIpc) is 2.46. The summed E-state index contributed by atoms with van der Waals surface area (Å²) in [6.07, 6.45) is 9.07. The molecule has 0 spiro atoms. The van der Waals surface area contributed by atoms with E-state index in [-0.39, 0.29) is 5.78 Å². The molecule has 0 N–H and O–H groups in total. The summed E-state index contributed by atoms with van der Waals surface area (Å²) in [5.74, 6) is 0.886. The Morgan fingerprint density at radius 3 is 2.57 bits per heavy atom. The predicted molar refractivity (Wildman–Crippen MR) is 84.8 cm³/mol. The highest BCUT2D eigenvalue weighted by Crippen LogP contribution is 2.38. The summed E-state index contributed by atoms with van der Waals surface area (Å²) in [4.78, 5) is 13.1. The number of benzene rings is 1. The Labute approximate surface area is 127 Å². The molecule has 2 aliphatic rings. The van der Waals surface area contributed by atoms with Crippen molar-refractivity contribution in [1.82, 2.24) is 0 Å². The summed E-state index contributed by atoms with van der Waals surface area (Å²) in [6, 6.07) is 8.32. The first kappa shape index (κ1) is 14.8. The molecule has 2 heteroatoms. The second-order valence-electron chi connectivity index (χ2n) is 6.57. The summed E-state index contributed by atoms with van der Waals surface area (Å²) in [5.41, 5.74) is 1.65. The number of carbonyl (C=O) groups is 1. The maximum atomic E-state index is 13.1. The van der Waals surface area contributed by atoms with E-state index in [0.717, 1.165) is 31.2 Å². The van der Waals surface area contributed by atoms with Crippen LogP contribution in [0.3, 0.4) is 0 Å². The van der Waals surface area contributed by atoms with Gasteiger partial charge in [-0.2, -0.15) is 0 Å². The van der Waals surface area contributed by atoms with Gasteiger partial charge in [-0.25, -0.2) is 0 Å². The SMILES string of the molecule is CCOC1(C(=O)c2cccc(C3CCC3)c2)CCCCC1. The van der Waals surface area contributed by atoms with E-state index in [0.29, 0.717) is 12.5 Å². The highest BCUT2D eigenvalue weighted by molar-refractivity contribution is 6.02. The van der Waals surface area contributed by atoms with Gasteiger partial charge >= 0.3 is 0 Å². The number of rotatable bonds is 5. The second kappa shape index (κ2) is 6.31. The maximum Gasteiger partial charge on any atom is 0.194 e. The van der Waals surface area contributed by atoms with E-state index in [4.69, 9.17) is 4.74 Å². The third kappa shape index (κ3) is 2.91. The molecule has 0 unspecified atom stereocenters. The fraction of sp³-hybridized carbons (Fsp3) is 0.632. The minimum Gasteiger partial charge on any atom is -0.367 e. The van der Waals surface area contributed by atoms with Crippen LogP contribution in [0.25, 0.3) is 0 Å². The third-order valence-corrected chi connectivity index (χ3v) is 5.22. The molecule has 0 bridgehead atoms. The van der Waals surface area contributed by atoms with Crippen LogP contribution in [0, 0.1) is 0 Å². The van der Waals surface area contributed by atoms with Crippen molar-refractivity contribution in [1.29, 1.82) is 0 Å². The van der Waals surface area contributed by atoms with Gasteiger partial charge in [-0.3, -0.25) is 4.79 Å². The highest BCUT2D eigenvalue weighted by Gasteiger charge is 2.40. The van der Waals surface area contributed by atoms with Crippen LogP contribution in [0.4, 0.5) is 0 Å². The normalized spacial score (nSPS) is 21.8. The molecule has 0 aliphatic heterocycles. The standard InChI is InChI=1S/C19H26O2/c1-2-21-19(12-4-3-5-13-19)18(20)17-11-7-10-16(14-17)15-8-6-9-15/h7,10-11,14-15H,2-6,8-9,12-13H2,1H3. The molecule has 0 radical (unpaired) electrons. The van der Waals surface area contributed by atoms with E-state index >= 15 is 0 Å². The zero-order chi connectivity index (χ0) is 14.7. The first-order valence-electron chi connectivity index (χ1n) is 8.54. The Morgan fingerprint density at radius 2 is 1.95 bits per heavy atom. The zero-order valence-corrected chi connectivity index (χ0v) is 13.1. The van der Waals surface area contributed by atoms with E-state index < -0.39 is 5.60 Å². The van der Waals surface area contributed by atoms with Crippen LogP contribution in [0.15, 0.2) is 24.3 Å². The second-order valence-corrected chi connectivity index (χ2v) is 6.57. The quantitative estimate of drug-likeness (QED) is 0.721. The van der Waals surface area contributed by atoms with E-state index in [9.17, 15) is 4.79 Å². The van der Waals surface area contributed by atoms with Gasteiger partial charge in [0.2, 0.25) is 0 Å². The van der Waals surface area contributed by atoms with Gasteiger partial charge < -0.3 is 4.74 Å². The van der Waals surface area contributed by atoms with Crippen LogP contribution < -0.4 is 0 Å². The Morgan fingerprint density at radius 1 is 1.19 bits per heavy atom. The molecule has 2 aliphatic carbocycles. The lowest BCUT2D eigenvalue weighted by molar-refractivity contribution is -0.0411. The van der Waals surface area contributed by atoms with E-state index in [2.05, 4.69) is 12.1 Å². The predicted octanol–water partition coefficient (Wildman–Crippen LogP) is 4.88. The first-order chi connectivity index (χ1) is 10.2. The van der Waals surface area contributed by atoms with Crippen molar-refractivity contribution in [2.75, 3.05) is 6.61 Å². The number of hydrogen-bond donors (Lipinski definition) is 0. The molecule has 3 rings (SSSR count). The van der Waals surface area contributed by atoms with Crippen LogP contribution in [-0.4, -0.2) is 18.0 Å². The van der Waals surface area contributed by atoms with Gasteiger partial charge in [-0.1, -0.05) is 43.9 Å². The topological polar surface area (TPSA) is 26.3 Å². The molecular weight excluding hydrogens is 260 g/mol. The van der Waals surface area contributed by atoms with Crippen molar-refractivity contribution in [3.05, 3.63) is 35.4 Å². The molecule has 0 aromatic heterocycles. The van der Waals surface area contributed by atoms with E-state index in [1.807, 2.05) is 19.1 Å². The van der Waals surface area contributed by atoms with Crippen molar-refractivity contribution in [2.24, 2.45) is 0 Å². The Kier molecular flexibility index (Phi) is 4.44. The van der Waals surface area contributed by atoms with Gasteiger partial charge in [0, 0.05) is 12.2 Å². The Balaban J connectivity index is 1.85. The van der Waals surface area contributed by atoms with E-state index in [1.165, 1.54) is 31.2 Å². The Hall–Kier alpha value is -1.15. The van der Waals surface area contributed by atoms with Crippen LogP contribution in [0.1, 0.15) is 80.1 Å². The van der Waals surface area contributed by atoms with Crippen LogP contribution in [0.2, 0.25) is 0 Å². The number of ketones is 1. The third-order valence-electron chi connectivity index (χ3n) is 5.22. The minimum absolute atomic E-state index is 0.213. The molecule has 2 saturated carbocycles. The summed E-state index contributed by atoms with van der Waals surface area (Å²) >= 11 is 0. The van der Waals surface area contributed by atoms with Gasteiger partial charge in [-0.15, -0.1) is 0 Å². The number of ether oxygens (including phenoxy) is 1. The molecule has 0 amide bonds. The highest BCUT2D eigenvalue weighted by atomic mass is 16.5. The van der Waals surface area contributed by atoms with Gasteiger partial charge in [0.15, 0.2) is 5.78 Å². The number of hydrogen-bond acceptors (Lipinski definition) is 2. The molecule has 1 aromatic rings. The van der Waals surface area contributed by atoms with Crippen molar-refractivity contribution >= 4 is 5.78 Å². The maximum absolute atomic E-state index is 13.1. The average molecular weight is 286 g/mol. The van der Waals surface area contributed by atoms with Crippen molar-refractivity contribution in [2.45, 2.75) is 69.8 Å². The molecule has 2 fully saturated rings. The van der Waals surface area contributed by atoms with Gasteiger partial charge in [0.25, 0.3) is 0 Å². The smallest absolute Gasteiger partial charge is 0.194 e. The first-order valence-corrected chi connectivity index (χ1v) is 8.54. The number of carbonyl (C=O) groups excluding carboxylic acids is 1. The lowest BCUT2D eigenvalue weighted by Gasteiger charge is -2.36. The van der Waals surface area contributed by atoms with Crippen LogP contribution >= 0.6 is 0 Å². The summed E-state index contributed by atoms with van der Waals surface area (Å²) in [6.45, 7) is 2.61. The van der Waals surface area contributed by atoms with Gasteiger partial charge in [0.1, 0.15) is 5.60 Å². The van der Waals surface area contributed by atoms with E-state index in [1.54, 1.807) is 0 Å². The van der Waals surface area contributed by atoms with Crippen molar-refractivity contribution in [3.63, 3.8) is 0 Å². The molecule has 0 atom stereocenters. The fourth-order valence-electron chi connectivity index (χ4n) is 3.77. The van der Waals surface area contributed by atoms with Crippen LogP contribution in [-0.2, 0) is 4.74 Å². The molecular formula is C19H26O2. The summed E-state index contributed by atoms with van der Waals surface area (Å²) in [5, 5.41) is 0. The molecule has 1 aromatic carbocycles. The van der Waals surface area contributed by atoms with Crippen LogP contribution in [0.5, 0.6) is 0 Å². The van der Waals surface area contributed by atoms with Gasteiger partial charge in [-0.05, 0) is 50.2 Å². The van der Waals surface area contributed by atoms with Gasteiger partial charge in [0.05, 0.1) is 0 Å². The monoisotopic (exact) mass is 286 g/mol. The largest absolute Gasteiger partial charge is 0.367 e. The number of Topliss-reactive ketones (excluding diaryl/α,β-unsaturated/α-hetero) is 1. The Bertz CT molecular complexity index is 491. The molecule has 0 heterocycles. The molecule has 2 nitrogen and oxygen atoms in total. The zero-order valence-electron chi connectivity index (χ0n) is 13.1. The molecule has 21 heavy (non-hydrogen) atoms. The fourth-order valence-corrected chi connectivity index (χ4v) is 3.77. The minimum atomic E-state index is -0.550. The van der Waals surface area contributed by atoms with Crippen molar-refractivity contribution < 1.29 is 9.53 Å². The van der Waals surface area contributed by atoms with Crippen molar-refractivity contribution in [3.8, 4) is 0 Å².